The van der Waals surface area contributed by atoms with Crippen LogP contribution in [0.1, 0.15) is 43.2 Å². The number of rotatable bonds is 5. The predicted octanol–water partition coefficient (Wildman–Crippen LogP) is 3.83. The summed E-state index contributed by atoms with van der Waals surface area (Å²) in [6.45, 7) is 4.60. The molecule has 0 N–H and O–H groups in total. The Balaban J connectivity index is 1.83. The van der Waals surface area contributed by atoms with Gasteiger partial charge in [-0.3, -0.25) is 4.79 Å². The molecule has 1 saturated carbocycles. The van der Waals surface area contributed by atoms with Gasteiger partial charge in [0.15, 0.2) is 0 Å². The lowest BCUT2D eigenvalue weighted by Gasteiger charge is -2.12. The van der Waals surface area contributed by atoms with Gasteiger partial charge in [0, 0.05) is 12.3 Å². The van der Waals surface area contributed by atoms with Gasteiger partial charge in [0.05, 0.1) is 6.61 Å². The largest absolute Gasteiger partial charge is 0.493 e. The highest BCUT2D eigenvalue weighted by atomic mass is 16.5. The van der Waals surface area contributed by atoms with Crippen molar-refractivity contribution < 1.29 is 9.53 Å². The average Bonchev–Trinajstić information content (AvgIpc) is 2.86. The highest BCUT2D eigenvalue weighted by Gasteiger charge is 2.22. The molecule has 0 amide bonds. The number of benzene rings is 1. The third-order valence-corrected chi connectivity index (χ3v) is 3.81. The van der Waals surface area contributed by atoms with Crippen LogP contribution in [0.25, 0.3) is 0 Å². The molecule has 0 heterocycles. The fourth-order valence-electron chi connectivity index (χ4n) is 2.73. The van der Waals surface area contributed by atoms with E-state index in [1.54, 1.807) is 0 Å². The van der Waals surface area contributed by atoms with E-state index < -0.39 is 0 Å². The smallest absolute Gasteiger partial charge is 0.139 e. The Kier molecular flexibility index (Phi) is 4.40. The fourth-order valence-corrected chi connectivity index (χ4v) is 2.73. The number of Topliss-reactive ketones (excluding diaryl/α,β-unsaturated/α-hetero) is 1. The molecule has 0 atom stereocenters. The van der Waals surface area contributed by atoms with Gasteiger partial charge in [-0.05, 0) is 37.8 Å². The second-order valence-electron chi connectivity index (χ2n) is 5.27. The van der Waals surface area contributed by atoms with Crippen LogP contribution in [0.15, 0.2) is 18.2 Å². The third-order valence-electron chi connectivity index (χ3n) is 3.81. The first-order chi connectivity index (χ1) is 8.68. The van der Waals surface area contributed by atoms with Crippen LogP contribution < -0.4 is 4.74 Å². The number of para-hydroxylation sites is 1. The third kappa shape index (κ3) is 3.12. The molecule has 1 aromatic rings. The molecule has 98 valence electrons. The molecular weight excluding hydrogens is 224 g/mol. The lowest BCUT2D eigenvalue weighted by Crippen LogP contribution is -2.14. The van der Waals surface area contributed by atoms with E-state index in [9.17, 15) is 4.79 Å². The van der Waals surface area contributed by atoms with Gasteiger partial charge in [-0.25, -0.2) is 0 Å². The molecule has 2 rings (SSSR count). The molecule has 0 bridgehead atoms. The maximum absolute atomic E-state index is 11.9. The van der Waals surface area contributed by atoms with Gasteiger partial charge in [0.1, 0.15) is 11.5 Å². The molecule has 0 aromatic heterocycles. The SMILES string of the molecule is Cc1cccc(C)c1OCCC(=O)C1CCCC1. The van der Waals surface area contributed by atoms with Crippen molar-refractivity contribution in [3.8, 4) is 5.75 Å². The van der Waals surface area contributed by atoms with E-state index in [4.69, 9.17) is 4.74 Å². The Morgan fingerprint density at radius 3 is 2.44 bits per heavy atom. The van der Waals surface area contributed by atoms with Crippen LogP contribution in [0.2, 0.25) is 0 Å². The minimum Gasteiger partial charge on any atom is -0.493 e. The standard InChI is InChI=1S/C16H22O2/c1-12-6-5-7-13(2)16(12)18-11-10-15(17)14-8-3-4-9-14/h5-7,14H,3-4,8-11H2,1-2H3. The summed E-state index contributed by atoms with van der Waals surface area (Å²) in [5.74, 6) is 1.64. The Bertz CT molecular complexity index is 397. The first kappa shape index (κ1) is 13.1. The second-order valence-corrected chi connectivity index (χ2v) is 5.27. The van der Waals surface area contributed by atoms with E-state index in [2.05, 4.69) is 0 Å². The molecule has 1 aliphatic carbocycles. The van der Waals surface area contributed by atoms with E-state index >= 15 is 0 Å². The van der Waals surface area contributed by atoms with Crippen molar-refractivity contribution in [2.45, 2.75) is 46.0 Å². The van der Waals surface area contributed by atoms with Crippen molar-refractivity contribution in [1.29, 1.82) is 0 Å². The lowest BCUT2D eigenvalue weighted by atomic mass is 10.0. The normalized spacial score (nSPS) is 15.9. The zero-order chi connectivity index (χ0) is 13.0. The maximum atomic E-state index is 11.9. The van der Waals surface area contributed by atoms with Gasteiger partial charge in [0.25, 0.3) is 0 Å². The second kappa shape index (κ2) is 6.03. The molecule has 18 heavy (non-hydrogen) atoms. The van der Waals surface area contributed by atoms with Crippen LogP contribution in [0.3, 0.4) is 0 Å². The fraction of sp³-hybridized carbons (Fsp3) is 0.562. The first-order valence-corrected chi connectivity index (χ1v) is 6.90. The van der Waals surface area contributed by atoms with Gasteiger partial charge in [0.2, 0.25) is 0 Å². The van der Waals surface area contributed by atoms with Crippen LogP contribution >= 0.6 is 0 Å². The van der Waals surface area contributed by atoms with Crippen molar-refractivity contribution in [2.75, 3.05) is 6.61 Å². The van der Waals surface area contributed by atoms with Crippen LogP contribution in [0.5, 0.6) is 5.75 Å². The highest BCUT2D eigenvalue weighted by molar-refractivity contribution is 5.81. The molecule has 2 nitrogen and oxygen atoms in total. The Hall–Kier alpha value is -1.31. The number of aryl methyl sites for hydroxylation is 2. The number of carbonyl (C=O) groups excluding carboxylic acids is 1. The van der Waals surface area contributed by atoms with E-state index in [0.29, 0.717) is 24.7 Å². The van der Waals surface area contributed by atoms with Crippen LogP contribution in [-0.2, 0) is 4.79 Å². The maximum Gasteiger partial charge on any atom is 0.139 e. The number of ketones is 1. The van der Waals surface area contributed by atoms with Crippen molar-refractivity contribution in [3.05, 3.63) is 29.3 Å². The summed E-state index contributed by atoms with van der Waals surface area (Å²) in [6.07, 6.45) is 5.16. The van der Waals surface area contributed by atoms with Crippen molar-refractivity contribution in [1.82, 2.24) is 0 Å². The summed E-state index contributed by atoms with van der Waals surface area (Å²) in [5, 5.41) is 0. The molecule has 0 radical (unpaired) electrons. The lowest BCUT2D eigenvalue weighted by molar-refractivity contribution is -0.123. The van der Waals surface area contributed by atoms with Gasteiger partial charge >= 0.3 is 0 Å². The molecule has 0 spiro atoms. The summed E-state index contributed by atoms with van der Waals surface area (Å²) < 4.78 is 5.78. The molecule has 0 saturated heterocycles. The van der Waals surface area contributed by atoms with E-state index in [0.717, 1.165) is 29.7 Å². The summed E-state index contributed by atoms with van der Waals surface area (Å²) in [6, 6.07) is 6.11. The average molecular weight is 246 g/mol. The predicted molar refractivity (Wildman–Crippen MR) is 73.0 cm³/mol. The van der Waals surface area contributed by atoms with Crippen molar-refractivity contribution >= 4 is 5.78 Å². The summed E-state index contributed by atoms with van der Waals surface area (Å²) in [5.41, 5.74) is 2.28. The van der Waals surface area contributed by atoms with Crippen LogP contribution in [0, 0.1) is 19.8 Å². The van der Waals surface area contributed by atoms with Gasteiger partial charge in [-0.1, -0.05) is 31.0 Å². The molecular formula is C16H22O2. The van der Waals surface area contributed by atoms with Crippen LogP contribution in [-0.4, -0.2) is 12.4 Å². The highest BCUT2D eigenvalue weighted by Crippen LogP contribution is 2.27. The van der Waals surface area contributed by atoms with Crippen molar-refractivity contribution in [3.63, 3.8) is 0 Å². The molecule has 0 unspecified atom stereocenters. The Morgan fingerprint density at radius 1 is 1.22 bits per heavy atom. The molecule has 1 aromatic carbocycles. The number of carbonyl (C=O) groups is 1. The molecule has 2 heteroatoms. The molecule has 0 aliphatic heterocycles. The monoisotopic (exact) mass is 246 g/mol. The van der Waals surface area contributed by atoms with Gasteiger partial charge < -0.3 is 4.74 Å². The quantitative estimate of drug-likeness (QED) is 0.789. The van der Waals surface area contributed by atoms with Crippen LogP contribution in [0.4, 0.5) is 0 Å². The Morgan fingerprint density at radius 2 is 1.83 bits per heavy atom. The van der Waals surface area contributed by atoms with Gasteiger partial charge in [-0.2, -0.15) is 0 Å². The minimum absolute atomic E-state index is 0.312. The summed E-state index contributed by atoms with van der Waals surface area (Å²) >= 11 is 0. The first-order valence-electron chi connectivity index (χ1n) is 6.90. The van der Waals surface area contributed by atoms with Gasteiger partial charge in [-0.15, -0.1) is 0 Å². The van der Waals surface area contributed by atoms with E-state index in [1.807, 2.05) is 32.0 Å². The number of hydrogen-bond donors (Lipinski definition) is 0. The van der Waals surface area contributed by atoms with E-state index in [-0.39, 0.29) is 0 Å². The van der Waals surface area contributed by atoms with Crippen molar-refractivity contribution in [2.24, 2.45) is 5.92 Å². The minimum atomic E-state index is 0.312. The molecule has 1 fully saturated rings. The zero-order valence-corrected chi connectivity index (χ0v) is 11.4. The zero-order valence-electron chi connectivity index (χ0n) is 11.4. The topological polar surface area (TPSA) is 26.3 Å². The number of ether oxygens (including phenoxy) is 1. The summed E-state index contributed by atoms with van der Waals surface area (Å²) in [7, 11) is 0. The Labute approximate surface area is 109 Å². The number of hydrogen-bond acceptors (Lipinski definition) is 2. The molecule has 1 aliphatic rings. The summed E-state index contributed by atoms with van der Waals surface area (Å²) in [4.78, 5) is 11.9. The van der Waals surface area contributed by atoms with E-state index in [1.165, 1.54) is 12.8 Å².